The van der Waals surface area contributed by atoms with Gasteiger partial charge in [-0.1, -0.05) is 44.2 Å². The summed E-state index contributed by atoms with van der Waals surface area (Å²) in [5.74, 6) is 1.52. The molecule has 0 amide bonds. The van der Waals surface area contributed by atoms with Gasteiger partial charge < -0.3 is 5.11 Å². The Kier molecular flexibility index (Phi) is 3.30. The van der Waals surface area contributed by atoms with E-state index in [1.807, 2.05) is 30.3 Å². The number of hydrogen-bond donors (Lipinski definition) is 1. The zero-order valence-electron chi connectivity index (χ0n) is 7.62. The summed E-state index contributed by atoms with van der Waals surface area (Å²) < 4.78 is 0. The highest BCUT2D eigenvalue weighted by atomic mass is 16.3. The fraction of sp³-hybridized carbons (Fsp3) is 0.364. The third-order valence-corrected chi connectivity index (χ3v) is 2.01. The van der Waals surface area contributed by atoms with Gasteiger partial charge in [0.05, 0.1) is 6.61 Å². The van der Waals surface area contributed by atoms with Crippen LogP contribution < -0.4 is 0 Å². The monoisotopic (exact) mass is 163 g/mol. The molecule has 1 aromatic rings. The molecule has 0 aromatic heterocycles. The topological polar surface area (TPSA) is 20.2 Å². The van der Waals surface area contributed by atoms with E-state index < -0.39 is 0 Å². The average molecular weight is 163 g/mol. The zero-order valence-corrected chi connectivity index (χ0v) is 7.62. The van der Waals surface area contributed by atoms with Crippen molar-refractivity contribution in [2.24, 2.45) is 5.92 Å². The van der Waals surface area contributed by atoms with E-state index >= 15 is 0 Å². The molecule has 0 aliphatic rings. The first-order chi connectivity index (χ1) is 5.75. The zero-order chi connectivity index (χ0) is 8.97. The maximum absolute atomic E-state index is 9.11. The molecule has 0 saturated heterocycles. The van der Waals surface area contributed by atoms with Crippen LogP contribution in [0.2, 0.25) is 0 Å². The highest BCUT2D eigenvalue weighted by molar-refractivity contribution is 5.31. The van der Waals surface area contributed by atoms with Crippen LogP contribution in [0.25, 0.3) is 0 Å². The molecule has 1 heteroatoms. The molecule has 0 bridgehead atoms. The molecule has 1 nitrogen and oxygen atoms in total. The average Bonchev–Trinajstić information content (AvgIpc) is 2.07. The molecule has 65 valence electrons. The predicted molar refractivity (Wildman–Crippen MR) is 50.7 cm³/mol. The molecule has 0 aliphatic carbocycles. The van der Waals surface area contributed by atoms with Crippen molar-refractivity contribution in [2.75, 3.05) is 6.61 Å². The van der Waals surface area contributed by atoms with Crippen LogP contribution in [0.3, 0.4) is 0 Å². The van der Waals surface area contributed by atoms with E-state index in [-0.39, 0.29) is 6.61 Å². The van der Waals surface area contributed by atoms with Crippen LogP contribution in [-0.4, -0.2) is 11.7 Å². The summed E-state index contributed by atoms with van der Waals surface area (Å²) in [5, 5.41) is 9.11. The van der Waals surface area contributed by atoms with E-state index in [2.05, 4.69) is 13.8 Å². The van der Waals surface area contributed by atoms with E-state index in [1.165, 1.54) is 0 Å². The lowest BCUT2D eigenvalue weighted by Gasteiger charge is -2.17. The molecule has 0 atom stereocenters. The van der Waals surface area contributed by atoms with Crippen molar-refractivity contribution in [3.8, 4) is 0 Å². The Hall–Kier alpha value is -0.820. The number of rotatable bonds is 3. The predicted octanol–water partition coefficient (Wildman–Crippen LogP) is 2.26. The summed E-state index contributed by atoms with van der Waals surface area (Å²) in [6.45, 7) is 4.35. The normalized spacial score (nSPS) is 11.1. The Morgan fingerprint density at radius 2 is 1.83 bits per heavy atom. The molecule has 0 fully saturated rings. The third-order valence-electron chi connectivity index (χ3n) is 2.01. The minimum atomic E-state index is 0.154. The SMILES string of the molecule is CC(C)[C](CO)c1ccccc1. The van der Waals surface area contributed by atoms with Crippen LogP contribution in [-0.2, 0) is 0 Å². The minimum Gasteiger partial charge on any atom is -0.395 e. The molecule has 0 aliphatic heterocycles. The van der Waals surface area contributed by atoms with Crippen LogP contribution in [0.5, 0.6) is 0 Å². The Bertz CT molecular complexity index is 216. The maximum Gasteiger partial charge on any atom is 0.0540 e. The van der Waals surface area contributed by atoms with Gasteiger partial charge in [0.2, 0.25) is 0 Å². The number of aliphatic hydroxyl groups excluding tert-OH is 1. The number of hydrogen-bond acceptors (Lipinski definition) is 1. The van der Waals surface area contributed by atoms with Crippen LogP contribution in [0, 0.1) is 11.8 Å². The molecule has 0 heterocycles. The largest absolute Gasteiger partial charge is 0.395 e. The quantitative estimate of drug-likeness (QED) is 0.724. The molecule has 1 N–H and O–H groups in total. The van der Waals surface area contributed by atoms with Crippen molar-refractivity contribution in [3.05, 3.63) is 41.8 Å². The lowest BCUT2D eigenvalue weighted by atomic mass is 9.89. The molecule has 0 saturated carbocycles. The second-order valence-electron chi connectivity index (χ2n) is 3.20. The summed E-state index contributed by atoms with van der Waals surface area (Å²) in [6, 6.07) is 10.0. The van der Waals surface area contributed by atoms with Crippen molar-refractivity contribution < 1.29 is 5.11 Å². The van der Waals surface area contributed by atoms with E-state index in [9.17, 15) is 0 Å². The Morgan fingerprint density at radius 1 is 1.25 bits per heavy atom. The molecule has 12 heavy (non-hydrogen) atoms. The first-order valence-corrected chi connectivity index (χ1v) is 4.27. The van der Waals surface area contributed by atoms with Crippen molar-refractivity contribution in [1.82, 2.24) is 0 Å². The standard InChI is InChI=1S/C11H15O/c1-9(2)11(8-12)10-6-4-3-5-7-10/h3-7,9,12H,8H2,1-2H3. The summed E-state index contributed by atoms with van der Waals surface area (Å²) in [4.78, 5) is 0. The number of aliphatic hydroxyl groups is 1. The van der Waals surface area contributed by atoms with Gasteiger partial charge in [-0.05, 0) is 11.5 Å². The van der Waals surface area contributed by atoms with Crippen LogP contribution in [0.15, 0.2) is 30.3 Å². The summed E-state index contributed by atoms with van der Waals surface area (Å²) in [5.41, 5.74) is 1.15. The summed E-state index contributed by atoms with van der Waals surface area (Å²) in [7, 11) is 0. The Morgan fingerprint density at radius 3 is 2.25 bits per heavy atom. The lowest BCUT2D eigenvalue weighted by Crippen LogP contribution is -2.11. The smallest absolute Gasteiger partial charge is 0.0540 e. The molecule has 0 unspecified atom stereocenters. The fourth-order valence-electron chi connectivity index (χ4n) is 1.26. The highest BCUT2D eigenvalue weighted by Crippen LogP contribution is 2.21. The van der Waals surface area contributed by atoms with E-state index in [0.29, 0.717) is 5.92 Å². The van der Waals surface area contributed by atoms with Gasteiger partial charge in [0, 0.05) is 5.92 Å². The second kappa shape index (κ2) is 4.27. The van der Waals surface area contributed by atoms with Gasteiger partial charge in [-0.2, -0.15) is 0 Å². The van der Waals surface area contributed by atoms with Crippen molar-refractivity contribution >= 4 is 0 Å². The van der Waals surface area contributed by atoms with Gasteiger partial charge in [0.15, 0.2) is 0 Å². The molecular weight excluding hydrogens is 148 g/mol. The van der Waals surface area contributed by atoms with Crippen LogP contribution >= 0.6 is 0 Å². The Labute approximate surface area is 74.1 Å². The molecule has 1 aromatic carbocycles. The van der Waals surface area contributed by atoms with E-state index in [1.54, 1.807) is 0 Å². The summed E-state index contributed by atoms with van der Waals surface area (Å²) in [6.07, 6.45) is 0. The van der Waals surface area contributed by atoms with Crippen molar-refractivity contribution in [2.45, 2.75) is 13.8 Å². The Balaban J connectivity index is 2.80. The van der Waals surface area contributed by atoms with Gasteiger partial charge in [0.25, 0.3) is 0 Å². The van der Waals surface area contributed by atoms with Gasteiger partial charge >= 0.3 is 0 Å². The molecule has 1 radical (unpaired) electrons. The van der Waals surface area contributed by atoms with Gasteiger partial charge in [-0.25, -0.2) is 0 Å². The van der Waals surface area contributed by atoms with Crippen LogP contribution in [0.1, 0.15) is 19.4 Å². The first-order valence-electron chi connectivity index (χ1n) is 4.27. The van der Waals surface area contributed by atoms with Gasteiger partial charge in [0.1, 0.15) is 0 Å². The molecule has 0 spiro atoms. The highest BCUT2D eigenvalue weighted by Gasteiger charge is 2.14. The fourth-order valence-corrected chi connectivity index (χ4v) is 1.26. The second-order valence-corrected chi connectivity index (χ2v) is 3.20. The van der Waals surface area contributed by atoms with Crippen molar-refractivity contribution in [3.63, 3.8) is 0 Å². The van der Waals surface area contributed by atoms with Crippen LogP contribution in [0.4, 0.5) is 0 Å². The van der Waals surface area contributed by atoms with Gasteiger partial charge in [-0.3, -0.25) is 0 Å². The van der Waals surface area contributed by atoms with Crippen molar-refractivity contribution in [1.29, 1.82) is 0 Å². The van der Waals surface area contributed by atoms with E-state index in [0.717, 1.165) is 11.5 Å². The third kappa shape index (κ3) is 2.08. The number of benzene rings is 1. The summed E-state index contributed by atoms with van der Waals surface area (Å²) >= 11 is 0. The van der Waals surface area contributed by atoms with Gasteiger partial charge in [-0.15, -0.1) is 0 Å². The maximum atomic E-state index is 9.11. The van der Waals surface area contributed by atoms with E-state index in [4.69, 9.17) is 5.11 Å². The molecular formula is C11H15O. The minimum absolute atomic E-state index is 0.154. The lowest BCUT2D eigenvalue weighted by molar-refractivity contribution is 0.296. The molecule has 1 rings (SSSR count). The first kappa shape index (κ1) is 9.27.